The van der Waals surface area contributed by atoms with E-state index < -0.39 is 0 Å². The normalized spacial score (nSPS) is 23.0. The molecule has 1 N–H and O–H groups in total. The minimum atomic E-state index is 0.0328. The van der Waals surface area contributed by atoms with E-state index in [1.54, 1.807) is 17.7 Å². The third kappa shape index (κ3) is 2.19. The van der Waals surface area contributed by atoms with Gasteiger partial charge in [-0.05, 0) is 24.3 Å². The number of carbonyl (C=O) groups excluding carboxylic acids is 1. The lowest BCUT2D eigenvalue weighted by Gasteiger charge is -2.35. The molecular weight excluding hydrogens is 284 g/mol. The molecule has 21 heavy (non-hydrogen) atoms. The van der Waals surface area contributed by atoms with Gasteiger partial charge in [0.15, 0.2) is 0 Å². The summed E-state index contributed by atoms with van der Waals surface area (Å²) in [6, 6.07) is 4.50. The second-order valence-corrected chi connectivity index (χ2v) is 6.55. The van der Waals surface area contributed by atoms with E-state index in [0.717, 1.165) is 30.5 Å². The SMILES string of the molecule is O=C(NCc1cccs1)N1C2CCC1c1cncnc1C2. The van der Waals surface area contributed by atoms with Crippen LogP contribution in [0.4, 0.5) is 4.79 Å². The highest BCUT2D eigenvalue weighted by atomic mass is 32.1. The van der Waals surface area contributed by atoms with E-state index in [-0.39, 0.29) is 18.1 Å². The van der Waals surface area contributed by atoms with E-state index in [0.29, 0.717) is 6.54 Å². The highest BCUT2D eigenvalue weighted by molar-refractivity contribution is 7.09. The number of carbonyl (C=O) groups is 1. The average molecular weight is 300 g/mol. The first kappa shape index (κ1) is 12.8. The van der Waals surface area contributed by atoms with Gasteiger partial charge in [-0.15, -0.1) is 11.3 Å². The molecule has 2 aromatic rings. The molecule has 2 aromatic heterocycles. The molecule has 108 valence electrons. The number of rotatable bonds is 2. The van der Waals surface area contributed by atoms with Gasteiger partial charge in [0.25, 0.3) is 0 Å². The molecule has 1 saturated heterocycles. The zero-order chi connectivity index (χ0) is 14.2. The number of nitrogens with one attached hydrogen (secondary N) is 1. The fourth-order valence-corrected chi connectivity index (χ4v) is 4.05. The zero-order valence-corrected chi connectivity index (χ0v) is 12.3. The second-order valence-electron chi connectivity index (χ2n) is 5.52. The Kier molecular flexibility index (Phi) is 3.11. The van der Waals surface area contributed by atoms with E-state index >= 15 is 0 Å². The van der Waals surface area contributed by atoms with Crippen LogP contribution in [0.15, 0.2) is 30.0 Å². The standard InChI is InChI=1S/C15H16N4OS/c20-15(17-7-11-2-1-5-21-11)19-10-3-4-14(19)12-8-16-9-18-13(12)6-10/h1-2,5,8-10,14H,3-4,6-7H2,(H,17,20). The molecule has 0 saturated carbocycles. The highest BCUT2D eigenvalue weighted by Crippen LogP contribution is 2.42. The lowest BCUT2D eigenvalue weighted by Crippen LogP contribution is -2.47. The van der Waals surface area contributed by atoms with Crippen LogP contribution in [-0.2, 0) is 13.0 Å². The summed E-state index contributed by atoms with van der Waals surface area (Å²) in [7, 11) is 0. The van der Waals surface area contributed by atoms with E-state index in [9.17, 15) is 4.79 Å². The summed E-state index contributed by atoms with van der Waals surface area (Å²) < 4.78 is 0. The molecule has 2 aliphatic heterocycles. The van der Waals surface area contributed by atoms with Gasteiger partial charge in [-0.3, -0.25) is 0 Å². The van der Waals surface area contributed by atoms with Gasteiger partial charge in [0.2, 0.25) is 0 Å². The third-order valence-electron chi connectivity index (χ3n) is 4.35. The fourth-order valence-electron chi connectivity index (χ4n) is 3.40. The van der Waals surface area contributed by atoms with Gasteiger partial charge in [0.05, 0.1) is 18.3 Å². The number of thiophene rings is 1. The molecule has 4 rings (SSSR count). The van der Waals surface area contributed by atoms with Crippen LogP contribution < -0.4 is 5.32 Å². The number of urea groups is 1. The summed E-state index contributed by atoms with van der Waals surface area (Å²) >= 11 is 1.66. The van der Waals surface area contributed by atoms with E-state index in [4.69, 9.17) is 0 Å². The monoisotopic (exact) mass is 300 g/mol. The van der Waals surface area contributed by atoms with E-state index in [1.165, 1.54) is 4.88 Å². The number of amides is 2. The Morgan fingerprint density at radius 1 is 1.48 bits per heavy atom. The van der Waals surface area contributed by atoms with E-state index in [2.05, 4.69) is 15.3 Å². The summed E-state index contributed by atoms with van der Waals surface area (Å²) in [6.07, 6.45) is 6.38. The lowest BCUT2D eigenvalue weighted by atomic mass is 10.00. The molecule has 0 aliphatic carbocycles. The Bertz CT molecular complexity index is 657. The van der Waals surface area contributed by atoms with Crippen molar-refractivity contribution < 1.29 is 4.79 Å². The van der Waals surface area contributed by atoms with Crippen molar-refractivity contribution in [2.75, 3.05) is 0 Å². The van der Waals surface area contributed by atoms with Crippen LogP contribution in [0, 0.1) is 0 Å². The molecule has 2 bridgehead atoms. The molecule has 4 heterocycles. The van der Waals surface area contributed by atoms with Crippen molar-refractivity contribution in [3.05, 3.63) is 46.2 Å². The van der Waals surface area contributed by atoms with Crippen molar-refractivity contribution in [3.63, 3.8) is 0 Å². The Morgan fingerprint density at radius 3 is 3.29 bits per heavy atom. The number of nitrogens with zero attached hydrogens (tertiary/aromatic N) is 3. The van der Waals surface area contributed by atoms with Gasteiger partial charge < -0.3 is 10.2 Å². The quantitative estimate of drug-likeness (QED) is 0.927. The van der Waals surface area contributed by atoms with Gasteiger partial charge in [-0.1, -0.05) is 6.07 Å². The molecule has 5 nitrogen and oxygen atoms in total. The van der Waals surface area contributed by atoms with Crippen molar-refractivity contribution in [1.29, 1.82) is 0 Å². The van der Waals surface area contributed by atoms with E-state index in [1.807, 2.05) is 28.6 Å². The molecule has 2 atom stereocenters. The van der Waals surface area contributed by atoms with Gasteiger partial charge in [0, 0.05) is 29.1 Å². The minimum Gasteiger partial charge on any atom is -0.333 e. The van der Waals surface area contributed by atoms with Gasteiger partial charge >= 0.3 is 6.03 Å². The number of hydrogen-bond donors (Lipinski definition) is 1. The Labute approximate surface area is 127 Å². The van der Waals surface area contributed by atoms with Crippen LogP contribution in [0.25, 0.3) is 0 Å². The Hall–Kier alpha value is -1.95. The molecule has 2 aliphatic rings. The largest absolute Gasteiger partial charge is 0.333 e. The van der Waals surface area contributed by atoms with Gasteiger partial charge in [-0.2, -0.15) is 0 Å². The highest BCUT2D eigenvalue weighted by Gasteiger charge is 2.43. The third-order valence-corrected chi connectivity index (χ3v) is 5.22. The number of fused-ring (bicyclic) bond motifs is 4. The molecule has 6 heteroatoms. The Morgan fingerprint density at radius 2 is 2.43 bits per heavy atom. The smallest absolute Gasteiger partial charge is 0.318 e. The predicted molar refractivity (Wildman–Crippen MR) is 79.9 cm³/mol. The van der Waals surface area contributed by atoms with Crippen molar-refractivity contribution in [2.45, 2.75) is 37.9 Å². The van der Waals surface area contributed by atoms with Crippen molar-refractivity contribution in [3.8, 4) is 0 Å². The molecule has 0 radical (unpaired) electrons. The summed E-state index contributed by atoms with van der Waals surface area (Å²) in [6.45, 7) is 0.602. The van der Waals surface area contributed by atoms with Crippen LogP contribution in [0.2, 0.25) is 0 Å². The molecular formula is C15H16N4OS. The predicted octanol–water partition coefficient (Wildman–Crippen LogP) is 2.51. The summed E-state index contributed by atoms with van der Waals surface area (Å²) in [5.41, 5.74) is 2.23. The van der Waals surface area contributed by atoms with Crippen LogP contribution in [0.5, 0.6) is 0 Å². The maximum Gasteiger partial charge on any atom is 0.318 e. The summed E-state index contributed by atoms with van der Waals surface area (Å²) in [5, 5.41) is 5.07. The maximum absolute atomic E-state index is 12.5. The first-order valence-corrected chi connectivity index (χ1v) is 8.08. The van der Waals surface area contributed by atoms with Gasteiger partial charge in [-0.25, -0.2) is 14.8 Å². The lowest BCUT2D eigenvalue weighted by molar-refractivity contribution is 0.164. The molecule has 1 fully saturated rings. The van der Waals surface area contributed by atoms with Gasteiger partial charge in [0.1, 0.15) is 6.33 Å². The van der Waals surface area contributed by atoms with Crippen molar-refractivity contribution >= 4 is 17.4 Å². The average Bonchev–Trinajstić information content (AvgIpc) is 3.12. The topological polar surface area (TPSA) is 58.1 Å². The number of hydrogen-bond acceptors (Lipinski definition) is 4. The van der Waals surface area contributed by atoms with Crippen LogP contribution >= 0.6 is 11.3 Å². The molecule has 2 amide bonds. The summed E-state index contributed by atoms with van der Waals surface area (Å²) in [4.78, 5) is 24.2. The molecule has 2 unspecified atom stereocenters. The summed E-state index contributed by atoms with van der Waals surface area (Å²) in [5.74, 6) is 0. The van der Waals surface area contributed by atoms with Crippen LogP contribution in [0.3, 0.4) is 0 Å². The van der Waals surface area contributed by atoms with Crippen molar-refractivity contribution in [2.24, 2.45) is 0 Å². The molecule has 0 spiro atoms. The fraction of sp³-hybridized carbons (Fsp3) is 0.400. The zero-order valence-electron chi connectivity index (χ0n) is 11.5. The van der Waals surface area contributed by atoms with Crippen LogP contribution in [0.1, 0.15) is 35.0 Å². The maximum atomic E-state index is 12.5. The number of aromatic nitrogens is 2. The first-order valence-electron chi connectivity index (χ1n) is 7.20. The minimum absolute atomic E-state index is 0.0328. The Balaban J connectivity index is 1.52. The van der Waals surface area contributed by atoms with Crippen LogP contribution in [-0.4, -0.2) is 26.9 Å². The second kappa shape index (κ2) is 5.11. The van der Waals surface area contributed by atoms with Crippen molar-refractivity contribution in [1.82, 2.24) is 20.2 Å². The molecule has 0 aromatic carbocycles. The first-order chi connectivity index (χ1) is 10.3.